The van der Waals surface area contributed by atoms with E-state index in [1.807, 2.05) is 0 Å². The molecule has 2 rings (SSSR count). The Bertz CT molecular complexity index is 404. The molecule has 1 aromatic rings. The zero-order valence-corrected chi connectivity index (χ0v) is 9.87. The topological polar surface area (TPSA) is 78.8 Å². The summed E-state index contributed by atoms with van der Waals surface area (Å²) in [5.74, 6) is -0.0638. The lowest BCUT2D eigenvalue weighted by molar-refractivity contribution is -0.107. The highest BCUT2D eigenvalue weighted by molar-refractivity contribution is 5.85. The van der Waals surface area contributed by atoms with E-state index in [0.29, 0.717) is 25.0 Å². The number of nitrogens with one attached hydrogen (secondary N) is 1. The lowest BCUT2D eigenvalue weighted by Crippen LogP contribution is -2.51. The van der Waals surface area contributed by atoms with Crippen LogP contribution in [0.5, 0.6) is 5.75 Å². The predicted molar refractivity (Wildman–Crippen MR) is 63.5 cm³/mol. The number of benzene rings is 1. The van der Waals surface area contributed by atoms with Gasteiger partial charge in [-0.25, -0.2) is 0 Å². The van der Waals surface area contributed by atoms with Crippen molar-refractivity contribution in [3.8, 4) is 5.75 Å². The summed E-state index contributed by atoms with van der Waals surface area (Å²) in [4.78, 5) is 10.6. The maximum absolute atomic E-state index is 10.6. The van der Waals surface area contributed by atoms with Gasteiger partial charge >= 0.3 is 0 Å². The molecule has 0 spiro atoms. The van der Waals surface area contributed by atoms with E-state index in [1.54, 1.807) is 0 Å². The average molecular weight is 260 g/mol. The van der Waals surface area contributed by atoms with E-state index >= 15 is 0 Å². The van der Waals surface area contributed by atoms with Gasteiger partial charge in [-0.3, -0.25) is 10.1 Å². The highest BCUT2D eigenvalue weighted by Gasteiger charge is 2.34. The van der Waals surface area contributed by atoms with E-state index in [4.69, 9.17) is 4.74 Å². The summed E-state index contributed by atoms with van der Waals surface area (Å²) in [7, 11) is 0. The van der Waals surface area contributed by atoms with Crippen LogP contribution in [0.2, 0.25) is 0 Å². The number of aromatic hydroxyl groups is 1. The van der Waals surface area contributed by atoms with Crippen LogP contribution in [0.15, 0.2) is 18.2 Å². The predicted octanol–water partition coefficient (Wildman–Crippen LogP) is 0.391. The third-order valence-corrected chi connectivity index (χ3v) is 2.58. The fourth-order valence-electron chi connectivity index (χ4n) is 1.73. The van der Waals surface area contributed by atoms with E-state index in [-0.39, 0.29) is 30.3 Å². The van der Waals surface area contributed by atoms with Gasteiger partial charge < -0.3 is 14.9 Å². The molecule has 1 saturated heterocycles. The van der Waals surface area contributed by atoms with Crippen molar-refractivity contribution >= 4 is 18.7 Å². The van der Waals surface area contributed by atoms with Crippen molar-refractivity contribution in [3.05, 3.63) is 29.3 Å². The van der Waals surface area contributed by atoms with Crippen LogP contribution in [-0.2, 0) is 10.5 Å². The maximum Gasteiger partial charge on any atom is 0.169 e. The first-order chi connectivity index (χ1) is 7.65. The number of carbonyl (C=O) groups excluding carboxylic acids is 1. The molecule has 0 unspecified atom stereocenters. The standard InChI is InChI=1S/C11H13NO4.ClH/c13-6-8-1-2-10(14)9(5-8)11(15)7-16-4-3-12-11;/h1-2,5-6,12,14-15H,3-4,7H2;1H/t11-;/m0./s1. The highest BCUT2D eigenvalue weighted by atomic mass is 35.5. The Labute approximate surface area is 105 Å². The minimum atomic E-state index is -1.43. The number of carbonyl (C=O) groups is 1. The molecule has 1 aliphatic heterocycles. The van der Waals surface area contributed by atoms with E-state index in [0.717, 1.165) is 0 Å². The summed E-state index contributed by atoms with van der Waals surface area (Å²) in [6, 6.07) is 4.32. The molecule has 1 fully saturated rings. The molecule has 1 heterocycles. The van der Waals surface area contributed by atoms with Crippen molar-refractivity contribution in [2.75, 3.05) is 19.8 Å². The van der Waals surface area contributed by atoms with Gasteiger partial charge in [-0.15, -0.1) is 12.4 Å². The van der Waals surface area contributed by atoms with E-state index in [9.17, 15) is 15.0 Å². The molecular weight excluding hydrogens is 246 g/mol. The Kier molecular flexibility index (Phi) is 4.47. The molecule has 94 valence electrons. The van der Waals surface area contributed by atoms with Gasteiger partial charge in [-0.2, -0.15) is 0 Å². The van der Waals surface area contributed by atoms with Crippen molar-refractivity contribution in [1.29, 1.82) is 0 Å². The van der Waals surface area contributed by atoms with E-state index in [2.05, 4.69) is 5.32 Å². The quantitative estimate of drug-likeness (QED) is 0.670. The lowest BCUT2D eigenvalue weighted by atomic mass is 9.99. The molecule has 6 heteroatoms. The van der Waals surface area contributed by atoms with Crippen LogP contribution in [0.25, 0.3) is 0 Å². The van der Waals surface area contributed by atoms with Crippen LogP contribution in [0.1, 0.15) is 15.9 Å². The highest BCUT2D eigenvalue weighted by Crippen LogP contribution is 2.29. The Morgan fingerprint density at radius 3 is 2.82 bits per heavy atom. The first kappa shape index (κ1) is 13.9. The third-order valence-electron chi connectivity index (χ3n) is 2.58. The first-order valence-corrected chi connectivity index (χ1v) is 4.99. The molecule has 3 N–H and O–H groups in total. The maximum atomic E-state index is 10.6. The molecular formula is C11H14ClNO4. The molecule has 1 aromatic carbocycles. The van der Waals surface area contributed by atoms with Gasteiger partial charge in [0.1, 0.15) is 12.0 Å². The SMILES string of the molecule is Cl.O=Cc1ccc(O)c([C@@]2(O)COCCN2)c1. The molecule has 0 bridgehead atoms. The summed E-state index contributed by atoms with van der Waals surface area (Å²) in [5, 5.41) is 22.8. The molecule has 0 radical (unpaired) electrons. The van der Waals surface area contributed by atoms with E-state index < -0.39 is 5.72 Å². The van der Waals surface area contributed by atoms with E-state index in [1.165, 1.54) is 18.2 Å². The lowest BCUT2D eigenvalue weighted by Gasteiger charge is -2.34. The summed E-state index contributed by atoms with van der Waals surface area (Å²) in [6.07, 6.45) is 0.663. The molecule has 0 aromatic heterocycles. The summed E-state index contributed by atoms with van der Waals surface area (Å²) in [6.45, 7) is 1.04. The number of hydrogen-bond acceptors (Lipinski definition) is 5. The van der Waals surface area contributed by atoms with Crippen LogP contribution in [0.4, 0.5) is 0 Å². The summed E-state index contributed by atoms with van der Waals surface area (Å²) >= 11 is 0. The summed E-state index contributed by atoms with van der Waals surface area (Å²) in [5.41, 5.74) is -0.771. The fraction of sp³-hybridized carbons (Fsp3) is 0.364. The van der Waals surface area contributed by atoms with Gasteiger partial charge in [0.25, 0.3) is 0 Å². The molecule has 1 aliphatic rings. The Morgan fingerprint density at radius 2 is 2.24 bits per heavy atom. The van der Waals surface area contributed by atoms with Gasteiger partial charge in [-0.05, 0) is 18.2 Å². The first-order valence-electron chi connectivity index (χ1n) is 4.99. The van der Waals surface area contributed by atoms with Gasteiger partial charge in [0.05, 0.1) is 13.2 Å². The number of hydrogen-bond donors (Lipinski definition) is 3. The number of phenols is 1. The van der Waals surface area contributed by atoms with Crippen LogP contribution >= 0.6 is 12.4 Å². The smallest absolute Gasteiger partial charge is 0.169 e. The number of ether oxygens (including phenoxy) is 1. The number of morpholine rings is 1. The molecule has 1 atom stereocenters. The third kappa shape index (κ3) is 2.76. The second-order valence-corrected chi connectivity index (χ2v) is 3.73. The molecule has 17 heavy (non-hydrogen) atoms. The van der Waals surface area contributed by atoms with Gasteiger partial charge in [0.15, 0.2) is 5.72 Å². The van der Waals surface area contributed by atoms with Crippen LogP contribution in [-0.4, -0.2) is 36.3 Å². The minimum Gasteiger partial charge on any atom is -0.508 e. The molecule has 0 saturated carbocycles. The number of phenolic OH excluding ortho intramolecular Hbond substituents is 1. The zero-order valence-electron chi connectivity index (χ0n) is 9.05. The van der Waals surface area contributed by atoms with Crippen molar-refractivity contribution < 1.29 is 19.7 Å². The van der Waals surface area contributed by atoms with Crippen molar-refractivity contribution in [2.45, 2.75) is 5.72 Å². The monoisotopic (exact) mass is 259 g/mol. The Hall–Kier alpha value is -1.14. The van der Waals surface area contributed by atoms with Gasteiger partial charge in [0, 0.05) is 17.7 Å². The fourth-order valence-corrected chi connectivity index (χ4v) is 1.73. The van der Waals surface area contributed by atoms with Crippen LogP contribution in [0, 0.1) is 0 Å². The number of rotatable bonds is 2. The normalized spacial score (nSPS) is 23.8. The van der Waals surface area contributed by atoms with Crippen LogP contribution in [0.3, 0.4) is 0 Å². The van der Waals surface area contributed by atoms with Crippen molar-refractivity contribution in [1.82, 2.24) is 5.32 Å². The molecule has 0 amide bonds. The Balaban J connectivity index is 0.00000144. The number of halogens is 1. The van der Waals surface area contributed by atoms with Gasteiger partial charge in [0.2, 0.25) is 0 Å². The number of aldehydes is 1. The Morgan fingerprint density at radius 1 is 1.47 bits per heavy atom. The largest absolute Gasteiger partial charge is 0.508 e. The summed E-state index contributed by atoms with van der Waals surface area (Å²) < 4.78 is 5.16. The second kappa shape index (κ2) is 5.46. The molecule has 5 nitrogen and oxygen atoms in total. The minimum absolute atomic E-state index is 0. The van der Waals surface area contributed by atoms with Gasteiger partial charge in [-0.1, -0.05) is 0 Å². The molecule has 0 aliphatic carbocycles. The number of aliphatic hydroxyl groups is 1. The van der Waals surface area contributed by atoms with Crippen molar-refractivity contribution in [3.63, 3.8) is 0 Å². The van der Waals surface area contributed by atoms with Crippen LogP contribution < -0.4 is 5.32 Å². The second-order valence-electron chi connectivity index (χ2n) is 3.73. The van der Waals surface area contributed by atoms with Crippen molar-refractivity contribution in [2.24, 2.45) is 0 Å². The zero-order chi connectivity index (χ0) is 11.6. The average Bonchev–Trinajstić information content (AvgIpc) is 2.30.